The molecule has 3 rings (SSSR count). The molecular weight excluding hydrogens is 380 g/mol. The molecule has 0 spiro atoms. The molecule has 0 bridgehead atoms. The van der Waals surface area contributed by atoms with Crippen LogP contribution in [0.15, 0.2) is 53.4 Å². The van der Waals surface area contributed by atoms with Crippen LogP contribution < -0.4 is 10.1 Å². The highest BCUT2D eigenvalue weighted by molar-refractivity contribution is 8.18. The number of imide groups is 1. The highest BCUT2D eigenvalue weighted by Gasteiger charge is 2.34. The predicted molar refractivity (Wildman–Crippen MR) is 107 cm³/mol. The van der Waals surface area contributed by atoms with Crippen LogP contribution >= 0.6 is 11.8 Å². The lowest BCUT2D eigenvalue weighted by Crippen LogP contribution is -2.33. The van der Waals surface area contributed by atoms with Crippen LogP contribution in [0.5, 0.6) is 5.75 Å². The van der Waals surface area contributed by atoms with Gasteiger partial charge in [-0.1, -0.05) is 12.1 Å². The minimum absolute atomic E-state index is 0.0255. The quantitative estimate of drug-likeness (QED) is 0.588. The maximum atomic E-state index is 12.6. The molecule has 0 aromatic heterocycles. The molecule has 0 radical (unpaired) electrons. The van der Waals surface area contributed by atoms with Gasteiger partial charge in [0.2, 0.25) is 0 Å². The van der Waals surface area contributed by atoms with Crippen LogP contribution in [0.25, 0.3) is 6.08 Å². The average molecular weight is 398 g/mol. The summed E-state index contributed by atoms with van der Waals surface area (Å²) in [5.41, 5.74) is 1.86. The van der Waals surface area contributed by atoms with Crippen LogP contribution in [0.1, 0.15) is 15.9 Å². The number of hydrogen-bond donors (Lipinski definition) is 1. The van der Waals surface area contributed by atoms with Crippen molar-refractivity contribution in [3.63, 3.8) is 0 Å². The number of hydrogen-bond acceptors (Lipinski definition) is 7. The molecule has 0 atom stereocenters. The Bertz CT molecular complexity index is 940. The lowest BCUT2D eigenvalue weighted by molar-refractivity contribution is -0.122. The standard InChI is InChI=1S/C20H18N2O5S/c1-26-16-5-3-4-13(10-16)11-17-18(23)22(20(25)28-17)12-21-15-8-6-14(7-9-15)19(24)27-2/h3-11,21H,12H2,1-2H3/b17-11+. The second-order valence-electron chi connectivity index (χ2n) is 5.79. The number of rotatable bonds is 6. The second-order valence-corrected chi connectivity index (χ2v) is 6.78. The molecule has 0 saturated carbocycles. The van der Waals surface area contributed by atoms with Crippen molar-refractivity contribution in [1.29, 1.82) is 0 Å². The number of ether oxygens (including phenoxy) is 2. The van der Waals surface area contributed by atoms with Crippen LogP contribution in [-0.2, 0) is 9.53 Å². The highest BCUT2D eigenvalue weighted by Crippen LogP contribution is 2.32. The minimum atomic E-state index is -0.430. The topological polar surface area (TPSA) is 84.9 Å². The van der Waals surface area contributed by atoms with E-state index in [9.17, 15) is 14.4 Å². The van der Waals surface area contributed by atoms with E-state index < -0.39 is 5.97 Å². The number of amides is 2. The average Bonchev–Trinajstić information content (AvgIpc) is 2.99. The zero-order chi connectivity index (χ0) is 20.1. The molecule has 2 amide bonds. The SMILES string of the molecule is COC(=O)c1ccc(NCN2C(=O)S/C(=C/c3cccc(OC)c3)C2=O)cc1. The molecule has 1 N–H and O–H groups in total. The predicted octanol–water partition coefficient (Wildman–Crippen LogP) is 3.59. The van der Waals surface area contributed by atoms with Gasteiger partial charge in [0, 0.05) is 5.69 Å². The van der Waals surface area contributed by atoms with E-state index in [4.69, 9.17) is 4.74 Å². The molecular formula is C20H18N2O5S. The number of nitrogens with one attached hydrogen (secondary N) is 1. The van der Waals surface area contributed by atoms with Gasteiger partial charge in [-0.2, -0.15) is 0 Å². The van der Waals surface area contributed by atoms with Crippen LogP contribution in [-0.4, -0.2) is 42.9 Å². The highest BCUT2D eigenvalue weighted by atomic mass is 32.2. The molecule has 7 nitrogen and oxygen atoms in total. The van der Waals surface area contributed by atoms with Crippen LogP contribution in [0, 0.1) is 0 Å². The first-order chi connectivity index (χ1) is 13.5. The Morgan fingerprint density at radius 3 is 2.57 bits per heavy atom. The summed E-state index contributed by atoms with van der Waals surface area (Å²) in [6, 6.07) is 13.8. The zero-order valence-corrected chi connectivity index (χ0v) is 16.1. The first kappa shape index (κ1) is 19.5. The van der Waals surface area contributed by atoms with Gasteiger partial charge in [0.15, 0.2) is 0 Å². The van der Waals surface area contributed by atoms with E-state index in [1.165, 1.54) is 7.11 Å². The van der Waals surface area contributed by atoms with Gasteiger partial charge >= 0.3 is 5.97 Å². The lowest BCUT2D eigenvalue weighted by Gasteiger charge is -2.14. The molecule has 1 saturated heterocycles. The van der Waals surface area contributed by atoms with Crippen molar-refractivity contribution in [3.8, 4) is 5.75 Å². The van der Waals surface area contributed by atoms with E-state index in [0.717, 1.165) is 22.2 Å². The van der Waals surface area contributed by atoms with Gasteiger partial charge in [0.05, 0.1) is 31.4 Å². The van der Waals surface area contributed by atoms with Crippen molar-refractivity contribution in [2.24, 2.45) is 0 Å². The third kappa shape index (κ3) is 4.34. The van der Waals surface area contributed by atoms with Crippen molar-refractivity contribution in [3.05, 3.63) is 64.6 Å². The van der Waals surface area contributed by atoms with E-state index in [1.807, 2.05) is 12.1 Å². The smallest absolute Gasteiger partial charge is 0.337 e. The molecule has 28 heavy (non-hydrogen) atoms. The number of benzene rings is 2. The number of thioether (sulfide) groups is 1. The summed E-state index contributed by atoms with van der Waals surface area (Å²) in [7, 11) is 2.88. The van der Waals surface area contributed by atoms with Crippen molar-refractivity contribution < 1.29 is 23.9 Å². The van der Waals surface area contributed by atoms with Gasteiger partial charge in [-0.3, -0.25) is 14.5 Å². The van der Waals surface area contributed by atoms with Crippen LogP contribution in [0.2, 0.25) is 0 Å². The van der Waals surface area contributed by atoms with E-state index in [-0.39, 0.29) is 17.8 Å². The number of carbonyl (C=O) groups is 3. The van der Waals surface area contributed by atoms with E-state index in [2.05, 4.69) is 10.1 Å². The zero-order valence-electron chi connectivity index (χ0n) is 15.3. The fourth-order valence-corrected chi connectivity index (χ4v) is 3.37. The summed E-state index contributed by atoms with van der Waals surface area (Å²) in [5, 5.41) is 2.66. The summed E-state index contributed by atoms with van der Waals surface area (Å²) in [6.07, 6.45) is 1.67. The monoisotopic (exact) mass is 398 g/mol. The largest absolute Gasteiger partial charge is 0.497 e. The van der Waals surface area contributed by atoms with Crippen molar-refractivity contribution >= 4 is 40.6 Å². The number of anilines is 1. The molecule has 1 aliphatic rings. The number of nitrogens with zero attached hydrogens (tertiary/aromatic N) is 1. The van der Waals surface area contributed by atoms with Gasteiger partial charge < -0.3 is 14.8 Å². The molecule has 2 aromatic rings. The fraction of sp³-hybridized carbons (Fsp3) is 0.150. The third-order valence-corrected chi connectivity index (χ3v) is 4.92. The molecule has 8 heteroatoms. The van der Waals surface area contributed by atoms with Crippen molar-refractivity contribution in [1.82, 2.24) is 4.90 Å². The first-order valence-corrected chi connectivity index (χ1v) is 9.15. The second kappa shape index (κ2) is 8.62. The molecule has 0 aliphatic carbocycles. The molecule has 1 aliphatic heterocycles. The Morgan fingerprint density at radius 1 is 1.14 bits per heavy atom. The summed E-state index contributed by atoms with van der Waals surface area (Å²) in [5.74, 6) is -0.123. The van der Waals surface area contributed by atoms with Crippen molar-refractivity contribution in [2.45, 2.75) is 0 Å². The summed E-state index contributed by atoms with van der Waals surface area (Å²) < 4.78 is 9.82. The van der Waals surface area contributed by atoms with Gasteiger partial charge in [-0.25, -0.2) is 4.79 Å². The van der Waals surface area contributed by atoms with Crippen LogP contribution in [0.4, 0.5) is 10.5 Å². The first-order valence-electron chi connectivity index (χ1n) is 8.33. The van der Waals surface area contributed by atoms with E-state index in [0.29, 0.717) is 21.9 Å². The van der Waals surface area contributed by atoms with Crippen molar-refractivity contribution in [2.75, 3.05) is 26.2 Å². The lowest BCUT2D eigenvalue weighted by atomic mass is 10.2. The molecule has 2 aromatic carbocycles. The molecule has 0 unspecified atom stereocenters. The Kier molecular flexibility index (Phi) is 6.00. The number of methoxy groups -OCH3 is 2. The summed E-state index contributed by atoms with van der Waals surface area (Å²) >= 11 is 0.891. The Balaban J connectivity index is 1.66. The van der Waals surface area contributed by atoms with Gasteiger partial charge in [0.25, 0.3) is 11.1 Å². The van der Waals surface area contributed by atoms with E-state index >= 15 is 0 Å². The van der Waals surface area contributed by atoms with E-state index in [1.54, 1.807) is 49.6 Å². The summed E-state index contributed by atoms with van der Waals surface area (Å²) in [4.78, 5) is 37.7. The fourth-order valence-electron chi connectivity index (χ4n) is 2.53. The molecule has 1 fully saturated rings. The minimum Gasteiger partial charge on any atom is -0.497 e. The molecule has 1 heterocycles. The van der Waals surface area contributed by atoms with Gasteiger partial charge in [-0.15, -0.1) is 0 Å². The van der Waals surface area contributed by atoms with Crippen LogP contribution in [0.3, 0.4) is 0 Å². The Labute approximate surface area is 166 Å². The van der Waals surface area contributed by atoms with Gasteiger partial charge in [0.1, 0.15) is 5.75 Å². The normalized spacial score (nSPS) is 15.1. The maximum Gasteiger partial charge on any atom is 0.337 e. The maximum absolute atomic E-state index is 12.6. The third-order valence-electron chi connectivity index (χ3n) is 4.01. The summed E-state index contributed by atoms with van der Waals surface area (Å²) in [6.45, 7) is 0.0255. The number of carbonyl (C=O) groups excluding carboxylic acids is 3. The Morgan fingerprint density at radius 2 is 1.89 bits per heavy atom. The molecule has 144 valence electrons. The van der Waals surface area contributed by atoms with Gasteiger partial charge in [-0.05, 0) is 59.8 Å². The number of esters is 1. The Hall–Kier alpha value is -3.26.